The molecule has 1 aliphatic heterocycles. The summed E-state index contributed by atoms with van der Waals surface area (Å²) in [6.45, 7) is 3.64. The lowest BCUT2D eigenvalue weighted by Crippen LogP contribution is -2.46. The molecule has 1 atom stereocenters. The zero-order chi connectivity index (χ0) is 8.48. The Balaban J connectivity index is 2.70. The molecule has 0 saturated carbocycles. The lowest BCUT2D eigenvalue weighted by Gasteiger charge is -2.19. The summed E-state index contributed by atoms with van der Waals surface area (Å²) in [5, 5.41) is 4.44. The maximum Gasteiger partial charge on any atom is 0.324 e. The van der Waals surface area contributed by atoms with Crippen molar-refractivity contribution < 1.29 is 14.3 Å². The molecule has 62 valence electrons. The van der Waals surface area contributed by atoms with Crippen LogP contribution in [0.25, 0.3) is 0 Å². The lowest BCUT2D eigenvalue weighted by molar-refractivity contribution is -0.141. The summed E-state index contributed by atoms with van der Waals surface area (Å²) in [7, 11) is 0. The smallest absolute Gasteiger partial charge is 0.324 e. The van der Waals surface area contributed by atoms with Crippen molar-refractivity contribution in [3.05, 3.63) is 0 Å². The molecule has 0 aromatic heterocycles. The zero-order valence-electron chi connectivity index (χ0n) is 6.43. The minimum atomic E-state index is -1.17. The van der Waals surface area contributed by atoms with E-state index < -0.39 is 17.7 Å². The molecule has 0 spiro atoms. The summed E-state index contributed by atoms with van der Waals surface area (Å²) >= 11 is 0. The van der Waals surface area contributed by atoms with Gasteiger partial charge in [-0.05, 0) is 13.8 Å². The van der Waals surface area contributed by atoms with E-state index in [4.69, 9.17) is 4.74 Å². The van der Waals surface area contributed by atoms with Gasteiger partial charge in [0.1, 0.15) is 0 Å². The van der Waals surface area contributed by atoms with Crippen molar-refractivity contribution in [2.75, 3.05) is 6.61 Å². The summed E-state index contributed by atoms with van der Waals surface area (Å²) in [4.78, 5) is 21.6. The molecule has 5 heteroatoms. The van der Waals surface area contributed by atoms with Crippen LogP contribution in [0.15, 0.2) is 0 Å². The van der Waals surface area contributed by atoms with Crippen molar-refractivity contribution in [1.29, 1.82) is 0 Å². The van der Waals surface area contributed by atoms with E-state index in [2.05, 4.69) is 10.6 Å². The third-order valence-corrected chi connectivity index (χ3v) is 1.45. The predicted molar refractivity (Wildman–Crippen MR) is 36.7 cm³/mol. The molecule has 11 heavy (non-hydrogen) atoms. The first-order valence-electron chi connectivity index (χ1n) is 3.36. The number of amides is 3. The van der Waals surface area contributed by atoms with Crippen molar-refractivity contribution in [3.63, 3.8) is 0 Å². The van der Waals surface area contributed by atoms with Crippen molar-refractivity contribution in [2.24, 2.45) is 0 Å². The summed E-state index contributed by atoms with van der Waals surface area (Å²) in [5.41, 5.74) is -1.17. The molecule has 3 amide bonds. The van der Waals surface area contributed by atoms with Crippen LogP contribution in [0.1, 0.15) is 13.8 Å². The first-order valence-corrected chi connectivity index (χ1v) is 3.36. The summed E-state index contributed by atoms with van der Waals surface area (Å²) in [6, 6.07) is -0.508. The minimum Gasteiger partial charge on any atom is -0.348 e. The van der Waals surface area contributed by atoms with E-state index in [-0.39, 0.29) is 0 Å². The molecular formula is C6H10N2O3. The highest BCUT2D eigenvalue weighted by atomic mass is 16.5. The Hall–Kier alpha value is -1.10. The number of rotatable bonds is 2. The van der Waals surface area contributed by atoms with Crippen LogP contribution in [-0.4, -0.2) is 24.3 Å². The fraction of sp³-hybridized carbons (Fsp3) is 0.667. The Kier molecular flexibility index (Phi) is 1.82. The van der Waals surface area contributed by atoms with Gasteiger partial charge in [-0.1, -0.05) is 0 Å². The first kappa shape index (κ1) is 8.00. The fourth-order valence-electron chi connectivity index (χ4n) is 0.917. The topological polar surface area (TPSA) is 67.4 Å². The van der Waals surface area contributed by atoms with Gasteiger partial charge in [0.15, 0.2) is 0 Å². The second kappa shape index (κ2) is 2.50. The Labute approximate surface area is 64.1 Å². The molecule has 1 fully saturated rings. The Morgan fingerprint density at radius 1 is 1.55 bits per heavy atom. The molecule has 0 radical (unpaired) electrons. The highest BCUT2D eigenvalue weighted by Crippen LogP contribution is 2.10. The SMILES string of the molecule is CCOC1(C)NC(=O)NC1=O. The number of carbonyl (C=O) groups excluding carboxylic acids is 2. The quantitative estimate of drug-likeness (QED) is 0.536. The highest BCUT2D eigenvalue weighted by molar-refractivity contribution is 6.05. The predicted octanol–water partition coefficient (Wildman–Crippen LogP) is -0.421. The van der Waals surface area contributed by atoms with Gasteiger partial charge in [0.2, 0.25) is 5.72 Å². The highest BCUT2D eigenvalue weighted by Gasteiger charge is 2.42. The molecule has 0 aromatic rings. The van der Waals surface area contributed by atoms with Gasteiger partial charge < -0.3 is 10.1 Å². The van der Waals surface area contributed by atoms with E-state index in [0.29, 0.717) is 6.61 Å². The van der Waals surface area contributed by atoms with E-state index >= 15 is 0 Å². The van der Waals surface area contributed by atoms with Crippen LogP contribution in [-0.2, 0) is 9.53 Å². The number of hydrogen-bond acceptors (Lipinski definition) is 3. The minimum absolute atomic E-state index is 0.379. The van der Waals surface area contributed by atoms with Crippen LogP contribution in [0.4, 0.5) is 4.79 Å². The molecule has 2 N–H and O–H groups in total. The average Bonchev–Trinajstić information content (AvgIpc) is 2.08. The third-order valence-electron chi connectivity index (χ3n) is 1.45. The molecule has 1 saturated heterocycles. The van der Waals surface area contributed by atoms with Gasteiger partial charge >= 0.3 is 6.03 Å². The molecule has 1 heterocycles. The van der Waals surface area contributed by atoms with Gasteiger partial charge in [-0.15, -0.1) is 0 Å². The fourth-order valence-corrected chi connectivity index (χ4v) is 0.917. The number of nitrogens with one attached hydrogen (secondary N) is 2. The summed E-state index contributed by atoms with van der Waals surface area (Å²) in [5.74, 6) is -0.440. The van der Waals surface area contributed by atoms with Gasteiger partial charge in [0, 0.05) is 6.61 Å². The number of urea groups is 1. The second-order valence-corrected chi connectivity index (χ2v) is 2.37. The number of carbonyl (C=O) groups is 2. The van der Waals surface area contributed by atoms with E-state index in [0.717, 1.165) is 0 Å². The molecule has 0 bridgehead atoms. The molecule has 0 aromatic carbocycles. The second-order valence-electron chi connectivity index (χ2n) is 2.37. The normalized spacial score (nSPS) is 30.0. The molecular weight excluding hydrogens is 148 g/mol. The van der Waals surface area contributed by atoms with E-state index in [1.807, 2.05) is 0 Å². The molecule has 1 unspecified atom stereocenters. The maximum absolute atomic E-state index is 11.0. The van der Waals surface area contributed by atoms with Crippen LogP contribution in [0.3, 0.4) is 0 Å². The Morgan fingerprint density at radius 2 is 2.18 bits per heavy atom. The molecule has 1 aliphatic rings. The van der Waals surface area contributed by atoms with E-state index in [1.165, 1.54) is 6.92 Å². The Bertz CT molecular complexity index is 204. The van der Waals surface area contributed by atoms with Crippen LogP contribution >= 0.6 is 0 Å². The summed E-state index contributed by atoms with van der Waals surface area (Å²) in [6.07, 6.45) is 0. The monoisotopic (exact) mass is 158 g/mol. The van der Waals surface area contributed by atoms with E-state index in [9.17, 15) is 9.59 Å². The van der Waals surface area contributed by atoms with Gasteiger partial charge in [-0.2, -0.15) is 0 Å². The van der Waals surface area contributed by atoms with Crippen molar-refractivity contribution in [1.82, 2.24) is 10.6 Å². The van der Waals surface area contributed by atoms with Crippen LogP contribution in [0.5, 0.6) is 0 Å². The standard InChI is InChI=1S/C6H10N2O3/c1-3-11-6(2)4(9)7-5(10)8-6/h3H2,1-2H3,(H2,7,8,9,10). The lowest BCUT2D eigenvalue weighted by atomic mass is 10.3. The van der Waals surface area contributed by atoms with Crippen LogP contribution in [0, 0.1) is 0 Å². The van der Waals surface area contributed by atoms with Crippen LogP contribution in [0.2, 0.25) is 0 Å². The van der Waals surface area contributed by atoms with Crippen molar-refractivity contribution in [3.8, 4) is 0 Å². The molecule has 1 rings (SSSR count). The first-order chi connectivity index (χ1) is 5.08. The summed E-state index contributed by atoms with van der Waals surface area (Å²) < 4.78 is 5.03. The van der Waals surface area contributed by atoms with Gasteiger partial charge in [0.25, 0.3) is 5.91 Å². The number of imide groups is 1. The van der Waals surface area contributed by atoms with Gasteiger partial charge in [-0.3, -0.25) is 10.1 Å². The largest absolute Gasteiger partial charge is 0.348 e. The van der Waals surface area contributed by atoms with Gasteiger partial charge in [0.05, 0.1) is 0 Å². The Morgan fingerprint density at radius 3 is 2.55 bits per heavy atom. The third kappa shape index (κ3) is 1.32. The number of ether oxygens (including phenoxy) is 1. The molecule has 0 aliphatic carbocycles. The van der Waals surface area contributed by atoms with Crippen molar-refractivity contribution in [2.45, 2.75) is 19.6 Å². The number of hydrogen-bond donors (Lipinski definition) is 2. The van der Waals surface area contributed by atoms with Crippen LogP contribution < -0.4 is 10.6 Å². The molecule has 5 nitrogen and oxygen atoms in total. The van der Waals surface area contributed by atoms with Crippen molar-refractivity contribution >= 4 is 11.9 Å². The maximum atomic E-state index is 11.0. The average molecular weight is 158 g/mol. The van der Waals surface area contributed by atoms with Gasteiger partial charge in [-0.25, -0.2) is 4.79 Å². The van der Waals surface area contributed by atoms with E-state index in [1.54, 1.807) is 6.92 Å². The zero-order valence-corrected chi connectivity index (χ0v) is 6.43.